The number of carbonyl (C=O) groups is 1. The monoisotopic (exact) mass is 495 g/mol. The van der Waals surface area contributed by atoms with Gasteiger partial charge < -0.3 is 19.6 Å². The minimum Gasteiger partial charge on any atom is -0.442 e. The molecule has 2 aliphatic rings. The predicted octanol–water partition coefficient (Wildman–Crippen LogP) is 1.92. The summed E-state index contributed by atoms with van der Waals surface area (Å²) in [6.45, 7) is 1.96. The summed E-state index contributed by atoms with van der Waals surface area (Å²) in [4.78, 5) is 25.7. The lowest BCUT2D eigenvalue weighted by Gasteiger charge is -2.18. The van der Waals surface area contributed by atoms with E-state index in [-0.39, 0.29) is 19.3 Å². The van der Waals surface area contributed by atoms with E-state index in [4.69, 9.17) is 14.7 Å². The second kappa shape index (κ2) is 10.4. The van der Waals surface area contributed by atoms with E-state index in [2.05, 4.69) is 20.5 Å². The van der Waals surface area contributed by atoms with Gasteiger partial charge in [-0.2, -0.15) is 0 Å². The SMILES string of the molecule is CN(CCO)C[C@@H]1CC(c2ccc(-c3ccc(N4C[C@H](Cn5ccnn5)OC4=O)cc3F)cn2)=NO1. The Morgan fingerprint density at radius 2 is 2.14 bits per heavy atom. The number of rotatable bonds is 9. The molecule has 0 bridgehead atoms. The Kier molecular flexibility index (Phi) is 6.87. The highest BCUT2D eigenvalue weighted by molar-refractivity contribution is 5.99. The summed E-state index contributed by atoms with van der Waals surface area (Å²) < 4.78 is 22.0. The Labute approximate surface area is 206 Å². The molecule has 11 nitrogen and oxygen atoms in total. The zero-order chi connectivity index (χ0) is 25.1. The molecule has 2 atom stereocenters. The van der Waals surface area contributed by atoms with Crippen molar-refractivity contribution in [2.75, 3.05) is 38.2 Å². The number of anilines is 1. The van der Waals surface area contributed by atoms with Crippen LogP contribution in [-0.2, 0) is 16.1 Å². The smallest absolute Gasteiger partial charge is 0.414 e. The van der Waals surface area contributed by atoms with E-state index in [1.807, 2.05) is 11.9 Å². The van der Waals surface area contributed by atoms with Gasteiger partial charge in [-0.25, -0.2) is 13.9 Å². The zero-order valence-corrected chi connectivity index (χ0v) is 19.7. The number of aliphatic hydroxyl groups is 1. The Morgan fingerprint density at radius 1 is 1.25 bits per heavy atom. The van der Waals surface area contributed by atoms with Crippen molar-refractivity contribution in [2.24, 2.45) is 5.16 Å². The van der Waals surface area contributed by atoms with Gasteiger partial charge in [-0.3, -0.25) is 9.88 Å². The van der Waals surface area contributed by atoms with E-state index < -0.39 is 18.0 Å². The predicted molar refractivity (Wildman–Crippen MR) is 128 cm³/mol. The van der Waals surface area contributed by atoms with E-state index in [0.29, 0.717) is 48.6 Å². The molecule has 0 spiro atoms. The average molecular weight is 496 g/mol. The number of hydrogen-bond acceptors (Lipinski definition) is 9. The first-order chi connectivity index (χ1) is 17.5. The molecular weight excluding hydrogens is 469 g/mol. The number of amides is 1. The van der Waals surface area contributed by atoms with E-state index in [9.17, 15) is 4.79 Å². The van der Waals surface area contributed by atoms with Gasteiger partial charge in [-0.1, -0.05) is 16.4 Å². The van der Waals surface area contributed by atoms with Crippen LogP contribution >= 0.6 is 0 Å². The molecule has 4 heterocycles. The standard InChI is InChI=1S/C24H26FN7O4/c1-30(8-9-33)13-18-11-23(28-36-18)22-5-2-16(12-26-22)20-4-3-17(10-21(20)25)32-15-19(35-24(32)34)14-31-7-6-27-29-31/h2-7,10,12,18-19,33H,8-9,11,13-15H2,1H3/t18-,19-/m0/s1. The molecule has 0 aliphatic carbocycles. The number of nitrogens with zero attached hydrogens (tertiary/aromatic N) is 7. The van der Waals surface area contributed by atoms with Crippen molar-refractivity contribution in [2.45, 2.75) is 25.2 Å². The normalized spacial score (nSPS) is 19.5. The Bertz CT molecular complexity index is 1240. The third-order valence-corrected chi connectivity index (χ3v) is 6.10. The summed E-state index contributed by atoms with van der Waals surface area (Å²) >= 11 is 0. The van der Waals surface area contributed by atoms with Crippen LogP contribution in [-0.4, -0.2) is 87.3 Å². The lowest BCUT2D eigenvalue weighted by atomic mass is 10.0. The van der Waals surface area contributed by atoms with Crippen molar-refractivity contribution >= 4 is 17.5 Å². The van der Waals surface area contributed by atoms with Crippen molar-refractivity contribution in [1.82, 2.24) is 24.9 Å². The number of aliphatic hydroxyl groups excluding tert-OH is 1. The molecule has 3 aromatic rings. The summed E-state index contributed by atoms with van der Waals surface area (Å²) in [5.41, 5.74) is 2.79. The first kappa shape index (κ1) is 23.8. The highest BCUT2D eigenvalue weighted by atomic mass is 19.1. The van der Waals surface area contributed by atoms with Crippen LogP contribution in [0, 0.1) is 5.82 Å². The Hall–Kier alpha value is -3.90. The fraction of sp³-hybridized carbons (Fsp3) is 0.375. The van der Waals surface area contributed by atoms with Crippen molar-refractivity contribution in [1.29, 1.82) is 0 Å². The molecule has 0 unspecified atom stereocenters. The maximum Gasteiger partial charge on any atom is 0.414 e. The van der Waals surface area contributed by atoms with E-state index >= 15 is 4.39 Å². The second-order valence-electron chi connectivity index (χ2n) is 8.79. The molecular formula is C24H26FN7O4. The molecule has 1 fully saturated rings. The fourth-order valence-corrected chi connectivity index (χ4v) is 4.28. The van der Waals surface area contributed by atoms with Crippen LogP contribution < -0.4 is 4.90 Å². The summed E-state index contributed by atoms with van der Waals surface area (Å²) in [5, 5.41) is 20.8. The van der Waals surface area contributed by atoms with Gasteiger partial charge in [0.2, 0.25) is 0 Å². The lowest BCUT2D eigenvalue weighted by molar-refractivity contribution is 0.0553. The Morgan fingerprint density at radius 3 is 2.86 bits per heavy atom. The number of carbonyl (C=O) groups excluding carboxylic acids is 1. The first-order valence-corrected chi connectivity index (χ1v) is 11.6. The van der Waals surface area contributed by atoms with Crippen molar-refractivity contribution in [3.05, 3.63) is 60.4 Å². The van der Waals surface area contributed by atoms with Gasteiger partial charge in [0.25, 0.3) is 0 Å². The summed E-state index contributed by atoms with van der Waals surface area (Å²) in [6, 6.07) is 8.21. The number of ether oxygens (including phenoxy) is 1. The van der Waals surface area contributed by atoms with Gasteiger partial charge in [0.15, 0.2) is 0 Å². The maximum absolute atomic E-state index is 15.1. The van der Waals surface area contributed by atoms with Crippen LogP contribution in [0.1, 0.15) is 12.1 Å². The summed E-state index contributed by atoms with van der Waals surface area (Å²) in [5.74, 6) is -0.469. The molecule has 1 aromatic carbocycles. The molecule has 2 aromatic heterocycles. The highest BCUT2D eigenvalue weighted by Gasteiger charge is 2.33. The number of benzene rings is 1. The number of pyridine rings is 1. The molecule has 2 aliphatic heterocycles. The molecule has 0 radical (unpaired) electrons. The van der Waals surface area contributed by atoms with Crippen LogP contribution in [0.15, 0.2) is 54.1 Å². The number of cyclic esters (lactones) is 1. The van der Waals surface area contributed by atoms with Crippen LogP contribution in [0.2, 0.25) is 0 Å². The van der Waals surface area contributed by atoms with Gasteiger partial charge >= 0.3 is 6.09 Å². The van der Waals surface area contributed by atoms with Crippen molar-refractivity contribution in [3.8, 4) is 11.1 Å². The van der Waals surface area contributed by atoms with Gasteiger partial charge in [-0.15, -0.1) is 5.10 Å². The molecule has 1 saturated heterocycles. The van der Waals surface area contributed by atoms with Crippen LogP contribution in [0.25, 0.3) is 11.1 Å². The second-order valence-corrected chi connectivity index (χ2v) is 8.79. The highest BCUT2D eigenvalue weighted by Crippen LogP contribution is 2.29. The molecule has 188 valence electrons. The van der Waals surface area contributed by atoms with Crippen molar-refractivity contribution in [3.63, 3.8) is 0 Å². The fourth-order valence-electron chi connectivity index (χ4n) is 4.28. The average Bonchev–Trinajstić information content (AvgIpc) is 3.62. The number of halogens is 1. The third kappa shape index (κ3) is 5.19. The quantitative estimate of drug-likeness (QED) is 0.478. The minimum atomic E-state index is -0.529. The molecule has 0 saturated carbocycles. The Balaban J connectivity index is 1.23. The van der Waals surface area contributed by atoms with Gasteiger partial charge in [0.1, 0.15) is 23.7 Å². The van der Waals surface area contributed by atoms with Gasteiger partial charge in [-0.05, 0) is 31.3 Å². The minimum absolute atomic E-state index is 0.0874. The molecule has 12 heteroatoms. The van der Waals surface area contributed by atoms with E-state index in [1.54, 1.807) is 47.5 Å². The first-order valence-electron chi connectivity index (χ1n) is 11.6. The van der Waals surface area contributed by atoms with Crippen LogP contribution in [0.3, 0.4) is 0 Å². The van der Waals surface area contributed by atoms with Crippen LogP contribution in [0.4, 0.5) is 14.9 Å². The van der Waals surface area contributed by atoms with Crippen molar-refractivity contribution < 1.29 is 23.9 Å². The maximum atomic E-state index is 15.1. The van der Waals surface area contributed by atoms with Crippen LogP contribution in [0.5, 0.6) is 0 Å². The molecule has 5 rings (SSSR count). The number of likely N-dealkylation sites (N-methyl/N-ethyl adjacent to an activating group) is 1. The zero-order valence-electron chi connectivity index (χ0n) is 19.7. The van der Waals surface area contributed by atoms with Gasteiger partial charge in [0.05, 0.1) is 37.3 Å². The van der Waals surface area contributed by atoms with E-state index in [0.717, 1.165) is 5.71 Å². The lowest BCUT2D eigenvalue weighted by Crippen LogP contribution is -2.31. The topological polar surface area (TPSA) is 118 Å². The number of aromatic nitrogens is 4. The molecule has 1 amide bonds. The summed E-state index contributed by atoms with van der Waals surface area (Å²) in [6.07, 6.45) is 4.40. The molecule has 36 heavy (non-hydrogen) atoms. The molecule has 1 N–H and O–H groups in total. The number of oxime groups is 1. The summed E-state index contributed by atoms with van der Waals surface area (Å²) in [7, 11) is 1.91. The largest absolute Gasteiger partial charge is 0.442 e. The van der Waals surface area contributed by atoms with E-state index in [1.165, 1.54) is 11.0 Å². The number of hydrogen-bond donors (Lipinski definition) is 1. The van der Waals surface area contributed by atoms with Gasteiger partial charge in [0, 0.05) is 43.0 Å². The third-order valence-electron chi connectivity index (χ3n) is 6.10.